The Bertz CT molecular complexity index is 364. The first kappa shape index (κ1) is 15.5. The van der Waals surface area contributed by atoms with E-state index in [1.54, 1.807) is 0 Å². The maximum Gasteiger partial charge on any atom is 0.0446 e. The first-order valence-electron chi connectivity index (χ1n) is 8.32. The molecule has 1 aromatic rings. The second kappa shape index (κ2) is 8.43. The summed E-state index contributed by atoms with van der Waals surface area (Å²) in [6.07, 6.45) is 7.97. The normalized spacial score (nSPS) is 18.7. The minimum atomic E-state index is 0.462. The van der Waals surface area contributed by atoms with Crippen LogP contribution in [0.2, 0.25) is 0 Å². The van der Waals surface area contributed by atoms with E-state index in [4.69, 9.17) is 0 Å². The maximum atomic E-state index is 3.50. The van der Waals surface area contributed by atoms with Gasteiger partial charge in [-0.05, 0) is 50.5 Å². The highest BCUT2D eigenvalue weighted by Gasteiger charge is 2.15. The van der Waals surface area contributed by atoms with Crippen LogP contribution in [0.15, 0.2) is 24.3 Å². The molecule has 0 saturated carbocycles. The van der Waals surface area contributed by atoms with Crippen LogP contribution in [-0.2, 0) is 6.42 Å². The third kappa shape index (κ3) is 4.60. The molecule has 112 valence electrons. The molecule has 1 saturated heterocycles. The van der Waals surface area contributed by atoms with E-state index in [0.717, 1.165) is 6.54 Å². The molecule has 1 heterocycles. The van der Waals surface area contributed by atoms with Crippen molar-refractivity contribution < 1.29 is 0 Å². The first-order chi connectivity index (χ1) is 9.83. The molecule has 1 unspecified atom stereocenters. The molecule has 1 atom stereocenters. The Morgan fingerprint density at radius 2 is 1.70 bits per heavy atom. The third-order valence-corrected chi connectivity index (χ3v) is 4.41. The Morgan fingerprint density at radius 1 is 1.05 bits per heavy atom. The van der Waals surface area contributed by atoms with E-state index >= 15 is 0 Å². The van der Waals surface area contributed by atoms with Crippen LogP contribution < -0.4 is 5.32 Å². The Kier molecular flexibility index (Phi) is 6.55. The minimum Gasteiger partial charge on any atom is -0.312 e. The fourth-order valence-electron chi connectivity index (χ4n) is 3.15. The summed E-state index contributed by atoms with van der Waals surface area (Å²) >= 11 is 0. The van der Waals surface area contributed by atoms with Crippen LogP contribution in [0.1, 0.15) is 56.2 Å². The van der Waals surface area contributed by atoms with Crippen LogP contribution in [0.25, 0.3) is 0 Å². The smallest absolute Gasteiger partial charge is 0.0446 e. The number of nitrogens with one attached hydrogen (secondary N) is 1. The SMILES string of the molecule is CCCc1ccc(C(CN2CCCCCC2)NC)cc1. The average molecular weight is 274 g/mol. The lowest BCUT2D eigenvalue weighted by molar-refractivity contribution is 0.255. The van der Waals surface area contributed by atoms with Crippen molar-refractivity contribution in [3.05, 3.63) is 35.4 Å². The highest BCUT2D eigenvalue weighted by Crippen LogP contribution is 2.18. The molecule has 2 rings (SSSR count). The lowest BCUT2D eigenvalue weighted by Gasteiger charge is -2.26. The van der Waals surface area contributed by atoms with E-state index in [-0.39, 0.29) is 0 Å². The van der Waals surface area contributed by atoms with E-state index in [2.05, 4.69) is 48.5 Å². The van der Waals surface area contributed by atoms with Gasteiger partial charge in [-0.25, -0.2) is 0 Å². The maximum absolute atomic E-state index is 3.50. The summed E-state index contributed by atoms with van der Waals surface area (Å²) in [6, 6.07) is 9.68. The topological polar surface area (TPSA) is 15.3 Å². The van der Waals surface area contributed by atoms with Crippen molar-refractivity contribution in [1.29, 1.82) is 0 Å². The number of likely N-dealkylation sites (tertiary alicyclic amines) is 1. The number of hydrogen-bond donors (Lipinski definition) is 1. The number of likely N-dealkylation sites (N-methyl/N-ethyl adjacent to an activating group) is 1. The molecular weight excluding hydrogens is 244 g/mol. The molecule has 0 amide bonds. The Balaban J connectivity index is 1.95. The van der Waals surface area contributed by atoms with Crippen LogP contribution in [0, 0.1) is 0 Å². The lowest BCUT2D eigenvalue weighted by atomic mass is 10.0. The van der Waals surface area contributed by atoms with Crippen molar-refractivity contribution in [3.8, 4) is 0 Å². The minimum absolute atomic E-state index is 0.462. The predicted molar refractivity (Wildman–Crippen MR) is 87.1 cm³/mol. The van der Waals surface area contributed by atoms with Gasteiger partial charge < -0.3 is 10.2 Å². The van der Waals surface area contributed by atoms with E-state index in [1.165, 1.54) is 62.7 Å². The summed E-state index contributed by atoms with van der Waals surface area (Å²) in [5.41, 5.74) is 2.89. The summed E-state index contributed by atoms with van der Waals surface area (Å²) in [7, 11) is 2.09. The summed E-state index contributed by atoms with van der Waals surface area (Å²) in [4.78, 5) is 2.63. The quantitative estimate of drug-likeness (QED) is 0.849. The third-order valence-electron chi connectivity index (χ3n) is 4.41. The van der Waals surface area contributed by atoms with Gasteiger partial charge in [0.15, 0.2) is 0 Å². The fraction of sp³-hybridized carbons (Fsp3) is 0.667. The highest BCUT2D eigenvalue weighted by molar-refractivity contribution is 5.25. The predicted octanol–water partition coefficient (Wildman–Crippen LogP) is 3.78. The van der Waals surface area contributed by atoms with Gasteiger partial charge in [0.1, 0.15) is 0 Å². The molecular formula is C18H30N2. The van der Waals surface area contributed by atoms with Gasteiger partial charge in [-0.3, -0.25) is 0 Å². The van der Waals surface area contributed by atoms with Gasteiger partial charge in [0.25, 0.3) is 0 Å². The zero-order valence-corrected chi connectivity index (χ0v) is 13.2. The second-order valence-electron chi connectivity index (χ2n) is 6.05. The Morgan fingerprint density at radius 3 is 2.25 bits per heavy atom. The van der Waals surface area contributed by atoms with E-state index < -0.39 is 0 Å². The van der Waals surface area contributed by atoms with Gasteiger partial charge in [-0.15, -0.1) is 0 Å². The Labute approximate surface area is 124 Å². The van der Waals surface area contributed by atoms with Crippen LogP contribution in [-0.4, -0.2) is 31.6 Å². The number of hydrogen-bond acceptors (Lipinski definition) is 2. The summed E-state index contributed by atoms with van der Waals surface area (Å²) in [5, 5.41) is 3.50. The Hall–Kier alpha value is -0.860. The number of nitrogens with zero attached hydrogens (tertiary/aromatic N) is 1. The van der Waals surface area contributed by atoms with E-state index in [1.807, 2.05) is 0 Å². The van der Waals surface area contributed by atoms with Crippen molar-refractivity contribution in [2.75, 3.05) is 26.7 Å². The molecule has 0 bridgehead atoms. The van der Waals surface area contributed by atoms with Crippen LogP contribution in [0.5, 0.6) is 0 Å². The zero-order chi connectivity index (χ0) is 14.2. The summed E-state index contributed by atoms with van der Waals surface area (Å²) in [6.45, 7) is 5.92. The monoisotopic (exact) mass is 274 g/mol. The molecule has 2 heteroatoms. The van der Waals surface area contributed by atoms with Gasteiger partial charge in [-0.1, -0.05) is 50.5 Å². The molecule has 2 nitrogen and oxygen atoms in total. The molecule has 0 aromatic heterocycles. The van der Waals surface area contributed by atoms with Gasteiger partial charge in [-0.2, -0.15) is 0 Å². The molecule has 0 radical (unpaired) electrons. The average Bonchev–Trinajstić information content (AvgIpc) is 2.75. The number of benzene rings is 1. The standard InChI is InChI=1S/C18H30N2/c1-3-8-16-9-11-17(12-10-16)18(19-2)15-20-13-6-4-5-7-14-20/h9-12,18-19H,3-8,13-15H2,1-2H3. The molecule has 20 heavy (non-hydrogen) atoms. The van der Waals surface area contributed by atoms with E-state index in [0.29, 0.717) is 6.04 Å². The van der Waals surface area contributed by atoms with Crippen LogP contribution in [0.4, 0.5) is 0 Å². The van der Waals surface area contributed by atoms with Gasteiger partial charge >= 0.3 is 0 Å². The first-order valence-corrected chi connectivity index (χ1v) is 8.32. The zero-order valence-electron chi connectivity index (χ0n) is 13.2. The fourth-order valence-corrected chi connectivity index (χ4v) is 3.15. The molecule has 1 aliphatic rings. The van der Waals surface area contributed by atoms with Crippen molar-refractivity contribution in [3.63, 3.8) is 0 Å². The van der Waals surface area contributed by atoms with Crippen LogP contribution >= 0.6 is 0 Å². The molecule has 0 aliphatic carbocycles. The molecule has 1 fully saturated rings. The molecule has 1 aromatic carbocycles. The van der Waals surface area contributed by atoms with Crippen molar-refractivity contribution in [2.45, 2.75) is 51.5 Å². The van der Waals surface area contributed by atoms with Crippen LogP contribution in [0.3, 0.4) is 0 Å². The lowest BCUT2D eigenvalue weighted by Crippen LogP contribution is -2.34. The van der Waals surface area contributed by atoms with Gasteiger partial charge in [0.05, 0.1) is 0 Å². The van der Waals surface area contributed by atoms with Crippen molar-refractivity contribution in [1.82, 2.24) is 10.2 Å². The summed E-state index contributed by atoms with van der Waals surface area (Å²) < 4.78 is 0. The number of rotatable bonds is 6. The van der Waals surface area contributed by atoms with E-state index in [9.17, 15) is 0 Å². The van der Waals surface area contributed by atoms with Crippen molar-refractivity contribution >= 4 is 0 Å². The largest absolute Gasteiger partial charge is 0.312 e. The van der Waals surface area contributed by atoms with Gasteiger partial charge in [0.2, 0.25) is 0 Å². The van der Waals surface area contributed by atoms with Gasteiger partial charge in [0, 0.05) is 12.6 Å². The second-order valence-corrected chi connectivity index (χ2v) is 6.05. The molecule has 1 aliphatic heterocycles. The summed E-state index contributed by atoms with van der Waals surface area (Å²) in [5.74, 6) is 0. The number of aryl methyl sites for hydroxylation is 1. The van der Waals surface area contributed by atoms with Crippen molar-refractivity contribution in [2.24, 2.45) is 0 Å². The molecule has 0 spiro atoms. The molecule has 1 N–H and O–H groups in total. The highest BCUT2D eigenvalue weighted by atomic mass is 15.1.